The lowest BCUT2D eigenvalue weighted by Gasteiger charge is -2.29. The summed E-state index contributed by atoms with van der Waals surface area (Å²) in [7, 11) is 0. The predicted molar refractivity (Wildman–Crippen MR) is 75.8 cm³/mol. The van der Waals surface area contributed by atoms with Gasteiger partial charge in [-0.3, -0.25) is 4.79 Å². The molecule has 2 rings (SSSR count). The second kappa shape index (κ2) is 6.04. The third-order valence-corrected chi connectivity index (χ3v) is 5.05. The Hall–Kier alpha value is -0.580. The zero-order valence-electron chi connectivity index (χ0n) is 10.5. The lowest BCUT2D eigenvalue weighted by atomic mass is 9.85. The van der Waals surface area contributed by atoms with Gasteiger partial charge in [-0.1, -0.05) is 11.6 Å². The van der Waals surface area contributed by atoms with Gasteiger partial charge in [0.2, 0.25) is 5.91 Å². The quantitative estimate of drug-likeness (QED) is 0.894. The number of halogens is 1. The molecular weight excluding hydrogens is 268 g/mol. The van der Waals surface area contributed by atoms with Crippen LogP contribution in [0.4, 0.5) is 0 Å². The molecule has 18 heavy (non-hydrogen) atoms. The summed E-state index contributed by atoms with van der Waals surface area (Å²) < 4.78 is 0.830. The fourth-order valence-electron chi connectivity index (χ4n) is 2.54. The summed E-state index contributed by atoms with van der Waals surface area (Å²) in [6.45, 7) is 2.16. The highest BCUT2D eigenvalue weighted by Crippen LogP contribution is 2.29. The molecule has 0 bridgehead atoms. The maximum Gasteiger partial charge on any atom is 0.220 e. The van der Waals surface area contributed by atoms with Crippen LogP contribution in [0, 0.1) is 5.92 Å². The van der Waals surface area contributed by atoms with E-state index in [1.807, 2.05) is 6.07 Å². The summed E-state index contributed by atoms with van der Waals surface area (Å²) in [5.41, 5.74) is 5.34. The van der Waals surface area contributed by atoms with Crippen molar-refractivity contribution in [3.8, 4) is 0 Å². The molecule has 1 aromatic heterocycles. The van der Waals surface area contributed by atoms with Crippen LogP contribution in [0.2, 0.25) is 4.34 Å². The largest absolute Gasteiger partial charge is 0.369 e. The molecule has 1 heterocycles. The van der Waals surface area contributed by atoms with Crippen LogP contribution in [0.15, 0.2) is 12.1 Å². The molecule has 1 saturated carbocycles. The van der Waals surface area contributed by atoms with E-state index in [1.165, 1.54) is 4.88 Å². The van der Waals surface area contributed by atoms with Crippen LogP contribution >= 0.6 is 22.9 Å². The number of primary amides is 1. The monoisotopic (exact) mass is 286 g/mol. The molecule has 0 aliphatic heterocycles. The van der Waals surface area contributed by atoms with E-state index in [0.717, 1.165) is 30.0 Å². The summed E-state index contributed by atoms with van der Waals surface area (Å²) in [5, 5.41) is 3.61. The maximum absolute atomic E-state index is 11.1. The van der Waals surface area contributed by atoms with Crippen LogP contribution in [0.3, 0.4) is 0 Å². The predicted octanol–water partition coefficient (Wildman–Crippen LogP) is 3.10. The molecule has 3 nitrogen and oxygen atoms in total. The highest BCUT2D eigenvalue weighted by Gasteiger charge is 2.25. The third kappa shape index (κ3) is 3.46. The summed E-state index contributed by atoms with van der Waals surface area (Å²) in [4.78, 5) is 12.4. The van der Waals surface area contributed by atoms with Gasteiger partial charge in [0.15, 0.2) is 0 Å². The molecule has 1 aromatic rings. The number of amides is 1. The van der Waals surface area contributed by atoms with Crippen LogP contribution in [-0.2, 0) is 4.79 Å². The smallest absolute Gasteiger partial charge is 0.220 e. The first kappa shape index (κ1) is 13.8. The molecule has 1 fully saturated rings. The highest BCUT2D eigenvalue weighted by molar-refractivity contribution is 7.16. The molecular formula is C13H19ClN2OS. The van der Waals surface area contributed by atoms with Gasteiger partial charge < -0.3 is 11.1 Å². The third-order valence-electron chi connectivity index (χ3n) is 3.64. The fourth-order valence-corrected chi connectivity index (χ4v) is 3.61. The van der Waals surface area contributed by atoms with Crippen LogP contribution < -0.4 is 11.1 Å². The Bertz CT molecular complexity index is 413. The van der Waals surface area contributed by atoms with Crippen LogP contribution in [0.25, 0.3) is 0 Å². The molecule has 3 N–H and O–H groups in total. The van der Waals surface area contributed by atoms with E-state index in [4.69, 9.17) is 17.3 Å². The van der Waals surface area contributed by atoms with Crippen molar-refractivity contribution in [3.05, 3.63) is 21.3 Å². The number of rotatable bonds is 4. The van der Waals surface area contributed by atoms with Gasteiger partial charge in [0.05, 0.1) is 4.34 Å². The van der Waals surface area contributed by atoms with Gasteiger partial charge in [0.1, 0.15) is 0 Å². The number of hydrogen-bond acceptors (Lipinski definition) is 3. The minimum absolute atomic E-state index is 0.0783. The van der Waals surface area contributed by atoms with E-state index in [2.05, 4.69) is 18.3 Å². The summed E-state index contributed by atoms with van der Waals surface area (Å²) >= 11 is 7.56. The Kier molecular flexibility index (Phi) is 4.65. The maximum atomic E-state index is 11.1. The molecule has 1 aliphatic carbocycles. The van der Waals surface area contributed by atoms with E-state index >= 15 is 0 Å². The number of thiophene rings is 1. The Morgan fingerprint density at radius 2 is 2.11 bits per heavy atom. The van der Waals surface area contributed by atoms with Crippen molar-refractivity contribution < 1.29 is 4.79 Å². The van der Waals surface area contributed by atoms with Crippen molar-refractivity contribution in [2.45, 2.75) is 44.7 Å². The van der Waals surface area contributed by atoms with Gasteiger partial charge in [-0.25, -0.2) is 0 Å². The molecule has 0 radical (unpaired) electrons. The normalized spacial score (nSPS) is 25.9. The average Bonchev–Trinajstić information content (AvgIpc) is 2.76. The van der Waals surface area contributed by atoms with Crippen molar-refractivity contribution in [3.63, 3.8) is 0 Å². The molecule has 1 atom stereocenters. The highest BCUT2D eigenvalue weighted by atomic mass is 35.5. The summed E-state index contributed by atoms with van der Waals surface area (Å²) in [6, 6.07) is 4.80. The van der Waals surface area contributed by atoms with Gasteiger partial charge in [-0.2, -0.15) is 0 Å². The Labute approximate surface area is 117 Å². The zero-order valence-corrected chi connectivity index (χ0v) is 12.1. The number of nitrogens with two attached hydrogens (primary N) is 1. The lowest BCUT2D eigenvalue weighted by Crippen LogP contribution is -2.37. The van der Waals surface area contributed by atoms with Gasteiger partial charge in [0, 0.05) is 22.9 Å². The lowest BCUT2D eigenvalue weighted by molar-refractivity contribution is -0.122. The minimum atomic E-state index is -0.147. The van der Waals surface area contributed by atoms with E-state index in [1.54, 1.807) is 11.3 Å². The van der Waals surface area contributed by atoms with Crippen LogP contribution in [0.1, 0.15) is 43.5 Å². The van der Waals surface area contributed by atoms with Crippen molar-refractivity contribution in [2.24, 2.45) is 11.7 Å². The first-order chi connectivity index (χ1) is 8.56. The zero-order chi connectivity index (χ0) is 13.1. The number of carbonyl (C=O) groups excluding carboxylic acids is 1. The van der Waals surface area contributed by atoms with Crippen LogP contribution in [-0.4, -0.2) is 11.9 Å². The molecule has 1 aliphatic rings. The van der Waals surface area contributed by atoms with E-state index < -0.39 is 0 Å². The van der Waals surface area contributed by atoms with Gasteiger partial charge in [-0.15, -0.1) is 11.3 Å². The fraction of sp³-hybridized carbons (Fsp3) is 0.615. The van der Waals surface area contributed by atoms with Crippen molar-refractivity contribution in [2.75, 3.05) is 0 Å². The molecule has 1 amide bonds. The van der Waals surface area contributed by atoms with Gasteiger partial charge in [-0.05, 0) is 44.7 Å². The molecule has 0 aromatic carbocycles. The number of carbonyl (C=O) groups is 1. The molecule has 1 unspecified atom stereocenters. The molecule has 0 spiro atoms. The Morgan fingerprint density at radius 3 is 2.61 bits per heavy atom. The minimum Gasteiger partial charge on any atom is -0.369 e. The Morgan fingerprint density at radius 1 is 1.44 bits per heavy atom. The van der Waals surface area contributed by atoms with Crippen LogP contribution in [0.5, 0.6) is 0 Å². The Balaban J connectivity index is 1.83. The molecule has 0 saturated heterocycles. The van der Waals surface area contributed by atoms with Gasteiger partial charge >= 0.3 is 0 Å². The van der Waals surface area contributed by atoms with Crippen molar-refractivity contribution in [1.82, 2.24) is 5.32 Å². The molecule has 5 heteroatoms. The van der Waals surface area contributed by atoms with E-state index in [-0.39, 0.29) is 11.8 Å². The number of hydrogen-bond donors (Lipinski definition) is 2. The van der Waals surface area contributed by atoms with Crippen molar-refractivity contribution in [1.29, 1.82) is 0 Å². The second-order valence-corrected chi connectivity index (χ2v) is 6.73. The number of nitrogens with one attached hydrogen (secondary N) is 1. The first-order valence-corrected chi connectivity index (χ1v) is 7.56. The summed E-state index contributed by atoms with van der Waals surface area (Å²) in [5.74, 6) is -0.0684. The van der Waals surface area contributed by atoms with Gasteiger partial charge in [0.25, 0.3) is 0 Å². The SMILES string of the molecule is CC(NC1CCC(C(N)=O)CC1)c1ccc(Cl)s1. The average molecular weight is 287 g/mol. The van der Waals surface area contributed by atoms with Crippen molar-refractivity contribution >= 4 is 28.8 Å². The topological polar surface area (TPSA) is 55.1 Å². The van der Waals surface area contributed by atoms with E-state index in [9.17, 15) is 4.79 Å². The standard InChI is InChI=1S/C13H19ClN2OS/c1-8(11-6-7-12(14)18-11)16-10-4-2-9(3-5-10)13(15)17/h6-10,16H,2-5H2,1H3,(H2,15,17). The molecule has 100 valence electrons. The second-order valence-electron chi connectivity index (χ2n) is 4.98. The van der Waals surface area contributed by atoms with E-state index in [0.29, 0.717) is 12.1 Å². The summed E-state index contributed by atoms with van der Waals surface area (Å²) in [6.07, 6.45) is 3.87. The first-order valence-electron chi connectivity index (χ1n) is 6.37.